The van der Waals surface area contributed by atoms with Crippen LogP contribution in [0.15, 0.2) is 46.7 Å². The second kappa shape index (κ2) is 5.53. The van der Waals surface area contributed by atoms with E-state index in [1.54, 1.807) is 19.1 Å². The third kappa shape index (κ3) is 3.01. The molecule has 0 radical (unpaired) electrons. The van der Waals surface area contributed by atoms with Crippen LogP contribution in [0.5, 0.6) is 0 Å². The van der Waals surface area contributed by atoms with E-state index >= 15 is 0 Å². The zero-order chi connectivity index (χ0) is 13.9. The Kier molecular flexibility index (Phi) is 4.00. The summed E-state index contributed by atoms with van der Waals surface area (Å²) in [6.07, 6.45) is 0. The molecule has 0 unspecified atom stereocenters. The van der Waals surface area contributed by atoms with Crippen LogP contribution in [0, 0.1) is 11.3 Å². The fraction of sp³-hybridized carbons (Fsp3) is 0.154. The van der Waals surface area contributed by atoms with Gasteiger partial charge in [0.1, 0.15) is 6.07 Å². The van der Waals surface area contributed by atoms with Gasteiger partial charge in [-0.05, 0) is 30.5 Å². The van der Waals surface area contributed by atoms with Crippen molar-refractivity contribution >= 4 is 21.4 Å². The van der Waals surface area contributed by atoms with Crippen molar-refractivity contribution in [1.29, 1.82) is 5.26 Å². The summed E-state index contributed by atoms with van der Waals surface area (Å²) >= 11 is 1.48. The highest BCUT2D eigenvalue weighted by Crippen LogP contribution is 2.22. The molecule has 19 heavy (non-hydrogen) atoms. The van der Waals surface area contributed by atoms with E-state index in [1.807, 2.05) is 23.6 Å². The number of hydrogen-bond acceptors (Lipinski definition) is 4. The van der Waals surface area contributed by atoms with E-state index in [9.17, 15) is 8.42 Å². The molecule has 2 aromatic rings. The fourth-order valence-corrected chi connectivity index (χ4v) is 3.87. The Hall–Kier alpha value is -1.68. The molecule has 98 valence electrons. The molecule has 0 amide bonds. The van der Waals surface area contributed by atoms with Crippen LogP contribution in [0.3, 0.4) is 0 Å². The average Bonchev–Trinajstić information content (AvgIpc) is 2.92. The smallest absolute Gasteiger partial charge is 0.207 e. The van der Waals surface area contributed by atoms with E-state index in [4.69, 9.17) is 5.26 Å². The lowest BCUT2D eigenvalue weighted by molar-refractivity contribution is 0.568. The van der Waals surface area contributed by atoms with Crippen LogP contribution in [0.25, 0.3) is 0 Å². The second-order valence-corrected chi connectivity index (χ2v) is 6.63. The molecule has 0 aliphatic heterocycles. The van der Waals surface area contributed by atoms with Crippen LogP contribution in [0.1, 0.15) is 23.4 Å². The minimum absolute atomic E-state index is 0.0147. The van der Waals surface area contributed by atoms with Gasteiger partial charge >= 0.3 is 0 Å². The van der Waals surface area contributed by atoms with Gasteiger partial charge < -0.3 is 0 Å². The highest BCUT2D eigenvalue weighted by Gasteiger charge is 2.21. The van der Waals surface area contributed by atoms with Gasteiger partial charge in [0.2, 0.25) is 10.0 Å². The van der Waals surface area contributed by atoms with Crippen molar-refractivity contribution in [3.63, 3.8) is 0 Å². The molecule has 0 aliphatic carbocycles. The molecule has 1 atom stereocenters. The van der Waals surface area contributed by atoms with Gasteiger partial charge in [0, 0.05) is 4.88 Å². The maximum absolute atomic E-state index is 12.3. The van der Waals surface area contributed by atoms with Crippen LogP contribution >= 0.6 is 11.3 Å². The van der Waals surface area contributed by atoms with Crippen molar-refractivity contribution in [2.75, 3.05) is 0 Å². The summed E-state index contributed by atoms with van der Waals surface area (Å²) in [4.78, 5) is 0.943. The van der Waals surface area contributed by atoms with Gasteiger partial charge in [-0.3, -0.25) is 0 Å². The lowest BCUT2D eigenvalue weighted by Gasteiger charge is -2.13. The third-order valence-electron chi connectivity index (χ3n) is 2.60. The molecule has 2 rings (SSSR count). The standard InChI is InChI=1S/C13H12N2O2S2/c1-10(12-6-4-8-18-12)15-19(16,17)13-7-3-2-5-11(13)9-14/h2-8,10,15H,1H3/t10-/m1/s1. The van der Waals surface area contributed by atoms with E-state index in [0.29, 0.717) is 0 Å². The average molecular weight is 292 g/mol. The SMILES string of the molecule is C[C@@H](NS(=O)(=O)c1ccccc1C#N)c1cccs1. The zero-order valence-electron chi connectivity index (χ0n) is 10.2. The Labute approximate surface area is 116 Å². The molecule has 1 aromatic carbocycles. The van der Waals surface area contributed by atoms with E-state index < -0.39 is 10.0 Å². The molecule has 0 spiro atoms. The highest BCUT2D eigenvalue weighted by atomic mass is 32.2. The molecule has 0 saturated heterocycles. The van der Waals surface area contributed by atoms with Gasteiger partial charge in [0.25, 0.3) is 0 Å². The summed E-state index contributed by atoms with van der Waals surface area (Å²) in [5, 5.41) is 10.9. The first-order chi connectivity index (χ1) is 9.04. The van der Waals surface area contributed by atoms with Crippen molar-refractivity contribution in [2.24, 2.45) is 0 Å². The van der Waals surface area contributed by atoms with Gasteiger partial charge in [-0.25, -0.2) is 13.1 Å². The molecule has 4 nitrogen and oxygen atoms in total. The lowest BCUT2D eigenvalue weighted by Crippen LogP contribution is -2.27. The minimum Gasteiger partial charge on any atom is -0.207 e. The number of thiophene rings is 1. The molecule has 1 heterocycles. The first-order valence-electron chi connectivity index (χ1n) is 5.59. The molecule has 0 saturated carbocycles. The molecule has 6 heteroatoms. The Morgan fingerprint density at radius 1 is 1.26 bits per heavy atom. The summed E-state index contributed by atoms with van der Waals surface area (Å²) in [6.45, 7) is 1.78. The Balaban J connectivity index is 2.31. The number of nitrogens with zero attached hydrogens (tertiary/aromatic N) is 1. The molecule has 1 N–H and O–H groups in total. The van der Waals surface area contributed by atoms with Gasteiger partial charge in [-0.2, -0.15) is 5.26 Å². The first kappa shape index (κ1) is 13.7. The topological polar surface area (TPSA) is 70.0 Å². The summed E-state index contributed by atoms with van der Waals surface area (Å²) in [5.41, 5.74) is 0.147. The van der Waals surface area contributed by atoms with Crippen LogP contribution < -0.4 is 4.72 Å². The summed E-state index contributed by atoms with van der Waals surface area (Å²) in [7, 11) is -3.69. The van der Waals surface area contributed by atoms with E-state index in [0.717, 1.165) is 4.88 Å². The van der Waals surface area contributed by atoms with Crippen molar-refractivity contribution in [3.8, 4) is 6.07 Å². The van der Waals surface area contributed by atoms with Crippen molar-refractivity contribution < 1.29 is 8.42 Å². The van der Waals surface area contributed by atoms with Crippen LogP contribution in [-0.2, 0) is 10.0 Å². The van der Waals surface area contributed by atoms with Gasteiger partial charge in [-0.15, -0.1) is 11.3 Å². The van der Waals surface area contributed by atoms with Crippen molar-refractivity contribution in [3.05, 3.63) is 52.2 Å². The maximum Gasteiger partial charge on any atom is 0.242 e. The lowest BCUT2D eigenvalue weighted by atomic mass is 10.2. The van der Waals surface area contributed by atoms with E-state index in [2.05, 4.69) is 4.72 Å². The maximum atomic E-state index is 12.3. The first-order valence-corrected chi connectivity index (χ1v) is 7.96. The Bertz CT molecular complexity index is 700. The minimum atomic E-state index is -3.69. The van der Waals surface area contributed by atoms with Gasteiger partial charge in [0.15, 0.2) is 0 Å². The third-order valence-corrected chi connectivity index (χ3v) is 5.25. The number of sulfonamides is 1. The number of hydrogen-bond donors (Lipinski definition) is 1. The van der Waals surface area contributed by atoms with E-state index in [1.165, 1.54) is 23.5 Å². The summed E-state index contributed by atoms with van der Waals surface area (Å²) in [5.74, 6) is 0. The molecule has 0 aliphatic rings. The normalized spacial score (nSPS) is 12.8. The monoisotopic (exact) mass is 292 g/mol. The molecular formula is C13H12N2O2S2. The Morgan fingerprint density at radius 2 is 2.00 bits per heavy atom. The van der Waals surface area contributed by atoms with Crippen LogP contribution in [-0.4, -0.2) is 8.42 Å². The predicted molar refractivity (Wildman–Crippen MR) is 74.2 cm³/mol. The largest absolute Gasteiger partial charge is 0.242 e. The second-order valence-electron chi connectivity index (χ2n) is 3.97. The number of nitrogens with one attached hydrogen (secondary N) is 1. The molecule has 0 fully saturated rings. The van der Waals surface area contributed by atoms with Crippen LogP contribution in [0.2, 0.25) is 0 Å². The highest BCUT2D eigenvalue weighted by molar-refractivity contribution is 7.89. The zero-order valence-corrected chi connectivity index (χ0v) is 11.8. The molecule has 0 bridgehead atoms. The van der Waals surface area contributed by atoms with Gasteiger partial charge in [0.05, 0.1) is 16.5 Å². The van der Waals surface area contributed by atoms with Crippen LogP contribution in [0.4, 0.5) is 0 Å². The van der Waals surface area contributed by atoms with E-state index in [-0.39, 0.29) is 16.5 Å². The predicted octanol–water partition coefficient (Wildman–Crippen LogP) is 2.66. The summed E-state index contributed by atoms with van der Waals surface area (Å²) < 4.78 is 27.1. The van der Waals surface area contributed by atoms with Gasteiger partial charge in [-0.1, -0.05) is 18.2 Å². The molecule has 1 aromatic heterocycles. The van der Waals surface area contributed by atoms with Crippen molar-refractivity contribution in [1.82, 2.24) is 4.72 Å². The Morgan fingerprint density at radius 3 is 2.63 bits per heavy atom. The summed E-state index contributed by atoms with van der Waals surface area (Å²) in [6, 6.07) is 11.5. The fourth-order valence-electron chi connectivity index (χ4n) is 1.69. The number of rotatable bonds is 4. The molecular weight excluding hydrogens is 280 g/mol. The number of nitriles is 1. The van der Waals surface area contributed by atoms with Crippen molar-refractivity contribution in [2.45, 2.75) is 17.9 Å². The number of benzene rings is 1. The quantitative estimate of drug-likeness (QED) is 0.941.